The molecular formula is C20H35N3O. The third kappa shape index (κ3) is 8.92. The quantitative estimate of drug-likeness (QED) is 0.452. The molecule has 4 heteroatoms. The summed E-state index contributed by atoms with van der Waals surface area (Å²) in [7, 11) is 0. The number of rotatable bonds is 10. The lowest BCUT2D eigenvalue weighted by atomic mass is 9.93. The number of nitrogens with two attached hydrogens (primary N) is 1. The molecule has 0 aliphatic heterocycles. The van der Waals surface area contributed by atoms with E-state index < -0.39 is 0 Å². The molecule has 3 atom stereocenters. The summed E-state index contributed by atoms with van der Waals surface area (Å²) in [5.41, 5.74) is 7.23. The van der Waals surface area contributed by atoms with Gasteiger partial charge in [0.25, 0.3) is 0 Å². The van der Waals surface area contributed by atoms with E-state index in [-0.39, 0.29) is 12.0 Å². The van der Waals surface area contributed by atoms with Gasteiger partial charge in [-0.1, -0.05) is 57.0 Å². The lowest BCUT2D eigenvalue weighted by Gasteiger charge is -2.19. The van der Waals surface area contributed by atoms with Gasteiger partial charge in [0.1, 0.15) is 0 Å². The summed E-state index contributed by atoms with van der Waals surface area (Å²) in [4.78, 5) is 4.51. The Balaban J connectivity index is 2.52. The van der Waals surface area contributed by atoms with Crippen molar-refractivity contribution in [3.63, 3.8) is 0 Å². The average molecular weight is 334 g/mol. The number of hydrogen-bond donors (Lipinski definition) is 3. The van der Waals surface area contributed by atoms with Crippen LogP contribution in [0.2, 0.25) is 0 Å². The van der Waals surface area contributed by atoms with Crippen molar-refractivity contribution in [1.29, 1.82) is 0 Å². The van der Waals surface area contributed by atoms with Crippen molar-refractivity contribution >= 4 is 5.96 Å². The molecule has 0 radical (unpaired) electrons. The van der Waals surface area contributed by atoms with Crippen molar-refractivity contribution in [1.82, 2.24) is 5.32 Å². The fourth-order valence-corrected chi connectivity index (χ4v) is 2.86. The lowest BCUT2D eigenvalue weighted by molar-refractivity contribution is 0.175. The maximum absolute atomic E-state index is 9.74. The van der Waals surface area contributed by atoms with E-state index in [1.54, 1.807) is 0 Å². The van der Waals surface area contributed by atoms with Gasteiger partial charge in [-0.15, -0.1) is 0 Å². The summed E-state index contributed by atoms with van der Waals surface area (Å²) in [6.07, 6.45) is 3.88. The predicted octanol–water partition coefficient (Wildman–Crippen LogP) is 3.66. The number of aliphatic hydroxyl groups excluding tert-OH is 1. The molecule has 0 amide bonds. The molecular weight excluding hydrogens is 298 g/mol. The van der Waals surface area contributed by atoms with E-state index in [4.69, 9.17) is 5.73 Å². The van der Waals surface area contributed by atoms with E-state index in [0.29, 0.717) is 25.0 Å². The third-order valence-electron chi connectivity index (χ3n) is 4.19. The molecule has 0 fully saturated rings. The Morgan fingerprint density at radius 3 is 2.38 bits per heavy atom. The zero-order chi connectivity index (χ0) is 17.9. The van der Waals surface area contributed by atoms with Gasteiger partial charge in [0, 0.05) is 18.5 Å². The number of aliphatic hydroxyl groups is 1. The summed E-state index contributed by atoms with van der Waals surface area (Å²) in [5.74, 6) is 1.43. The van der Waals surface area contributed by atoms with Crippen LogP contribution in [0.1, 0.15) is 64.9 Å². The Hall–Kier alpha value is -1.55. The maximum atomic E-state index is 9.74. The molecule has 4 N–H and O–H groups in total. The summed E-state index contributed by atoms with van der Waals surface area (Å²) < 4.78 is 0. The zero-order valence-corrected chi connectivity index (χ0v) is 15.7. The lowest BCUT2D eigenvalue weighted by Crippen LogP contribution is -2.38. The van der Waals surface area contributed by atoms with Crippen LogP contribution in [0.5, 0.6) is 0 Å². The van der Waals surface area contributed by atoms with Crippen LogP contribution in [-0.2, 0) is 0 Å². The Labute approximate surface area is 147 Å². The summed E-state index contributed by atoms with van der Waals surface area (Å²) >= 11 is 0. The molecule has 0 spiro atoms. The maximum Gasteiger partial charge on any atom is 0.188 e. The smallest absolute Gasteiger partial charge is 0.188 e. The van der Waals surface area contributed by atoms with Gasteiger partial charge in [-0.2, -0.15) is 0 Å². The van der Waals surface area contributed by atoms with Crippen molar-refractivity contribution in [2.24, 2.45) is 16.6 Å². The van der Waals surface area contributed by atoms with Crippen LogP contribution in [-0.4, -0.2) is 29.8 Å². The second kappa shape index (κ2) is 11.1. The first-order valence-electron chi connectivity index (χ1n) is 9.18. The molecule has 0 saturated carbocycles. The molecule has 24 heavy (non-hydrogen) atoms. The molecule has 1 aromatic carbocycles. The first-order chi connectivity index (χ1) is 11.4. The molecule has 0 aliphatic rings. The molecule has 4 nitrogen and oxygen atoms in total. The third-order valence-corrected chi connectivity index (χ3v) is 4.19. The minimum atomic E-state index is -0.352. The van der Waals surface area contributed by atoms with Crippen LogP contribution in [0.3, 0.4) is 0 Å². The molecule has 0 saturated heterocycles. The number of benzene rings is 1. The predicted molar refractivity (Wildman–Crippen MR) is 103 cm³/mol. The highest BCUT2D eigenvalue weighted by Crippen LogP contribution is 2.21. The van der Waals surface area contributed by atoms with Crippen LogP contribution in [0, 0.1) is 5.92 Å². The normalized spacial score (nSPS) is 16.0. The van der Waals surface area contributed by atoms with E-state index in [2.05, 4.69) is 43.2 Å². The topological polar surface area (TPSA) is 70.6 Å². The van der Waals surface area contributed by atoms with Gasteiger partial charge in [-0.3, -0.25) is 4.99 Å². The highest BCUT2D eigenvalue weighted by Gasteiger charge is 2.14. The Morgan fingerprint density at radius 2 is 1.79 bits per heavy atom. The molecule has 0 heterocycles. The van der Waals surface area contributed by atoms with E-state index >= 15 is 0 Å². The van der Waals surface area contributed by atoms with E-state index in [0.717, 1.165) is 12.3 Å². The highest BCUT2D eigenvalue weighted by atomic mass is 16.3. The zero-order valence-electron chi connectivity index (χ0n) is 15.7. The molecule has 136 valence electrons. The van der Waals surface area contributed by atoms with Gasteiger partial charge < -0.3 is 16.2 Å². The molecule has 0 aliphatic carbocycles. The van der Waals surface area contributed by atoms with Crippen LogP contribution in [0.15, 0.2) is 35.3 Å². The summed E-state index contributed by atoms with van der Waals surface area (Å²) in [6, 6.07) is 10.5. The molecule has 0 bridgehead atoms. The number of hydrogen-bond acceptors (Lipinski definition) is 2. The molecule has 1 aromatic rings. The first kappa shape index (κ1) is 20.5. The fraction of sp³-hybridized carbons (Fsp3) is 0.650. The second-order valence-electron chi connectivity index (χ2n) is 7.29. The summed E-state index contributed by atoms with van der Waals surface area (Å²) in [5, 5.41) is 13.0. The van der Waals surface area contributed by atoms with Crippen molar-refractivity contribution in [2.75, 3.05) is 6.54 Å². The van der Waals surface area contributed by atoms with Gasteiger partial charge in [0.2, 0.25) is 0 Å². The minimum absolute atomic E-state index is 0.183. The first-order valence-corrected chi connectivity index (χ1v) is 9.18. The van der Waals surface area contributed by atoms with Crippen LogP contribution in [0.25, 0.3) is 0 Å². The SMILES string of the molecule is CC(C)CCCC(C)NC(N)=NCC(CC(C)O)c1ccccc1. The number of nitrogens with one attached hydrogen (secondary N) is 1. The fourth-order valence-electron chi connectivity index (χ4n) is 2.86. The number of guanidine groups is 1. The molecule has 0 aromatic heterocycles. The van der Waals surface area contributed by atoms with E-state index in [9.17, 15) is 5.11 Å². The van der Waals surface area contributed by atoms with Crippen LogP contribution >= 0.6 is 0 Å². The van der Waals surface area contributed by atoms with Crippen LogP contribution in [0.4, 0.5) is 0 Å². The average Bonchev–Trinajstić information content (AvgIpc) is 2.51. The van der Waals surface area contributed by atoms with Crippen molar-refractivity contribution in [2.45, 2.75) is 71.4 Å². The van der Waals surface area contributed by atoms with Crippen molar-refractivity contribution in [3.05, 3.63) is 35.9 Å². The second-order valence-corrected chi connectivity index (χ2v) is 7.29. The Morgan fingerprint density at radius 1 is 1.12 bits per heavy atom. The summed E-state index contributed by atoms with van der Waals surface area (Å²) in [6.45, 7) is 9.05. The van der Waals surface area contributed by atoms with E-state index in [1.165, 1.54) is 18.4 Å². The molecule has 1 rings (SSSR count). The number of aliphatic imine (C=N–C) groups is 1. The monoisotopic (exact) mass is 333 g/mol. The van der Waals surface area contributed by atoms with Crippen LogP contribution < -0.4 is 11.1 Å². The van der Waals surface area contributed by atoms with Crippen molar-refractivity contribution < 1.29 is 5.11 Å². The highest BCUT2D eigenvalue weighted by molar-refractivity contribution is 5.78. The Bertz CT molecular complexity index is 471. The number of nitrogens with zero attached hydrogens (tertiary/aromatic N) is 1. The Kier molecular flexibility index (Phi) is 9.46. The van der Waals surface area contributed by atoms with Gasteiger partial charge in [-0.25, -0.2) is 0 Å². The molecule has 3 unspecified atom stereocenters. The minimum Gasteiger partial charge on any atom is -0.393 e. The standard InChI is InChI=1S/C20H35N3O/c1-15(2)9-8-10-16(3)23-20(21)22-14-19(13-17(4)24)18-11-6-5-7-12-18/h5-7,11-12,15-17,19,24H,8-10,13-14H2,1-4H3,(H3,21,22,23). The van der Waals surface area contributed by atoms with Crippen molar-refractivity contribution in [3.8, 4) is 0 Å². The van der Waals surface area contributed by atoms with Gasteiger partial charge in [0.05, 0.1) is 6.10 Å². The van der Waals surface area contributed by atoms with Gasteiger partial charge in [0.15, 0.2) is 5.96 Å². The van der Waals surface area contributed by atoms with Gasteiger partial charge >= 0.3 is 0 Å². The largest absolute Gasteiger partial charge is 0.393 e. The van der Waals surface area contributed by atoms with Gasteiger partial charge in [-0.05, 0) is 38.2 Å². The van der Waals surface area contributed by atoms with E-state index in [1.807, 2.05) is 25.1 Å².